The third-order valence-corrected chi connectivity index (χ3v) is 6.44. The van der Waals surface area contributed by atoms with Crippen molar-refractivity contribution in [1.82, 2.24) is 4.57 Å². The van der Waals surface area contributed by atoms with Gasteiger partial charge in [0, 0.05) is 6.42 Å². The Morgan fingerprint density at radius 1 is 0.586 bits per heavy atom. The van der Waals surface area contributed by atoms with Gasteiger partial charge in [-0.15, -0.1) is 0 Å². The smallest absolute Gasteiger partial charge is 0.235 e. The van der Waals surface area contributed by atoms with E-state index >= 15 is 0 Å². The van der Waals surface area contributed by atoms with Gasteiger partial charge in [0.15, 0.2) is 0 Å². The molecule has 1 aromatic rings. The quantitative estimate of drug-likeness (QED) is 0.143. The van der Waals surface area contributed by atoms with Crippen LogP contribution in [-0.2, 0) is 19.5 Å². The molecule has 2 heteroatoms. The molecule has 0 aliphatic rings. The van der Waals surface area contributed by atoms with Gasteiger partial charge in [-0.25, -0.2) is 9.13 Å². The van der Waals surface area contributed by atoms with Crippen molar-refractivity contribution in [3.8, 4) is 0 Å². The average molecular weight is 406 g/mol. The van der Waals surface area contributed by atoms with E-state index in [9.17, 15) is 0 Å². The van der Waals surface area contributed by atoms with E-state index in [4.69, 9.17) is 0 Å². The third kappa shape index (κ3) is 13.2. The molecule has 0 saturated heterocycles. The molecule has 0 amide bonds. The van der Waals surface area contributed by atoms with Gasteiger partial charge in [-0.1, -0.05) is 110 Å². The van der Waals surface area contributed by atoms with Crippen LogP contribution in [0.3, 0.4) is 0 Å². The molecule has 0 fully saturated rings. The van der Waals surface area contributed by atoms with Gasteiger partial charge in [-0.05, 0) is 26.2 Å². The normalized spacial score (nSPS) is 11.4. The van der Waals surface area contributed by atoms with E-state index in [1.54, 1.807) is 5.82 Å². The first-order valence-corrected chi connectivity index (χ1v) is 13.4. The zero-order valence-corrected chi connectivity index (χ0v) is 20.4. The third-order valence-electron chi connectivity index (χ3n) is 6.44. The first kappa shape index (κ1) is 26.2. The van der Waals surface area contributed by atoms with Crippen molar-refractivity contribution in [3.05, 3.63) is 18.2 Å². The molecule has 1 rings (SSSR count). The number of rotatable bonds is 21. The highest BCUT2D eigenvalue weighted by Crippen LogP contribution is 2.13. The Bertz CT molecular complexity index is 463. The lowest BCUT2D eigenvalue weighted by Crippen LogP contribution is -2.37. The van der Waals surface area contributed by atoms with E-state index in [1.807, 2.05) is 0 Å². The largest absolute Gasteiger partial charge is 0.256 e. The summed E-state index contributed by atoms with van der Waals surface area (Å²) in [7, 11) is 0. The van der Waals surface area contributed by atoms with E-state index in [0.29, 0.717) is 0 Å². The van der Waals surface area contributed by atoms with E-state index in [0.717, 1.165) is 6.54 Å². The maximum absolute atomic E-state index is 2.55. The van der Waals surface area contributed by atoms with Crippen LogP contribution < -0.4 is 4.57 Å². The van der Waals surface area contributed by atoms with Crippen molar-refractivity contribution in [3.63, 3.8) is 0 Å². The lowest BCUT2D eigenvalue weighted by molar-refractivity contribution is -0.704. The Hall–Kier alpha value is -0.790. The van der Waals surface area contributed by atoms with E-state index in [1.165, 1.54) is 129 Å². The lowest BCUT2D eigenvalue weighted by atomic mass is 10.1. The Kier molecular flexibility index (Phi) is 17.4. The molecule has 29 heavy (non-hydrogen) atoms. The van der Waals surface area contributed by atoms with Gasteiger partial charge in [-0.3, -0.25) is 0 Å². The first-order valence-electron chi connectivity index (χ1n) is 13.4. The van der Waals surface area contributed by atoms with Crippen molar-refractivity contribution < 1.29 is 4.57 Å². The van der Waals surface area contributed by atoms with Crippen molar-refractivity contribution in [1.29, 1.82) is 0 Å². The minimum atomic E-state index is 1.11. The van der Waals surface area contributed by atoms with Crippen molar-refractivity contribution in [2.24, 2.45) is 0 Å². The molecule has 0 unspecified atom stereocenters. The molecule has 0 aliphatic carbocycles. The highest BCUT2D eigenvalue weighted by atomic mass is 15.1. The van der Waals surface area contributed by atoms with Gasteiger partial charge in [0.1, 0.15) is 12.4 Å². The van der Waals surface area contributed by atoms with Crippen LogP contribution in [-0.4, -0.2) is 4.57 Å². The molecular formula is C27H53N2+. The van der Waals surface area contributed by atoms with Gasteiger partial charge in [0.25, 0.3) is 5.82 Å². The highest BCUT2D eigenvalue weighted by molar-refractivity contribution is 4.83. The fraction of sp³-hybridized carbons (Fsp3) is 0.889. The van der Waals surface area contributed by atoms with Crippen LogP contribution in [0.1, 0.15) is 142 Å². The molecule has 0 aliphatic heterocycles. The molecule has 0 bridgehead atoms. The summed E-state index contributed by atoms with van der Waals surface area (Å²) in [6.45, 7) is 9.20. The maximum Gasteiger partial charge on any atom is 0.256 e. The predicted molar refractivity (Wildman–Crippen MR) is 128 cm³/mol. The van der Waals surface area contributed by atoms with Crippen LogP contribution in [0.4, 0.5) is 0 Å². The molecule has 1 aromatic heterocycles. The number of imidazole rings is 1. The molecule has 0 atom stereocenters. The second kappa shape index (κ2) is 19.2. The fourth-order valence-electron chi connectivity index (χ4n) is 4.46. The second-order valence-electron chi connectivity index (χ2n) is 9.10. The van der Waals surface area contributed by atoms with Gasteiger partial charge >= 0.3 is 0 Å². The van der Waals surface area contributed by atoms with Gasteiger partial charge in [0.05, 0.1) is 13.1 Å². The number of aromatic nitrogens is 2. The first-order chi connectivity index (χ1) is 14.3. The number of hydrogen-bond acceptors (Lipinski definition) is 0. The fourth-order valence-corrected chi connectivity index (χ4v) is 4.46. The Morgan fingerprint density at radius 3 is 1.52 bits per heavy atom. The summed E-state index contributed by atoms with van der Waals surface area (Å²) in [6, 6.07) is 0. The highest BCUT2D eigenvalue weighted by Gasteiger charge is 2.15. The summed E-state index contributed by atoms with van der Waals surface area (Å²) in [6.07, 6.45) is 31.4. The molecule has 0 spiro atoms. The molecule has 0 radical (unpaired) electrons. The zero-order valence-electron chi connectivity index (χ0n) is 20.4. The molecule has 2 nitrogen and oxygen atoms in total. The number of aryl methyl sites for hydroxylation is 2. The zero-order chi connectivity index (χ0) is 21.0. The summed E-state index contributed by atoms with van der Waals surface area (Å²) in [5.41, 5.74) is 0. The second-order valence-corrected chi connectivity index (χ2v) is 9.10. The lowest BCUT2D eigenvalue weighted by Gasteiger charge is -2.06. The van der Waals surface area contributed by atoms with Crippen LogP contribution in [0, 0.1) is 0 Å². The molecule has 0 N–H and O–H groups in total. The van der Waals surface area contributed by atoms with Gasteiger partial charge in [0.2, 0.25) is 0 Å². The van der Waals surface area contributed by atoms with Crippen LogP contribution in [0.2, 0.25) is 0 Å². The number of hydrogen-bond donors (Lipinski definition) is 0. The molecular weight excluding hydrogens is 352 g/mol. The Morgan fingerprint density at radius 2 is 1.03 bits per heavy atom. The van der Waals surface area contributed by atoms with Gasteiger partial charge in [-0.2, -0.15) is 0 Å². The standard InChI is InChI=1S/C27H53N2/c1-4-7-9-11-13-14-15-16-17-19-21-23-27-28(6-3)25-26-29(27)24-22-20-18-12-10-8-5-2/h25-26H,4-24H2,1-3H3/q+1. The summed E-state index contributed by atoms with van der Waals surface area (Å²) >= 11 is 0. The van der Waals surface area contributed by atoms with E-state index in [-0.39, 0.29) is 0 Å². The van der Waals surface area contributed by atoms with Crippen LogP contribution >= 0.6 is 0 Å². The average Bonchev–Trinajstić information content (AvgIpc) is 3.13. The maximum atomic E-state index is 2.55. The Labute approximate surface area is 183 Å². The summed E-state index contributed by atoms with van der Waals surface area (Å²) in [5.74, 6) is 1.56. The van der Waals surface area contributed by atoms with Crippen LogP contribution in [0.15, 0.2) is 12.4 Å². The molecule has 0 aromatic carbocycles. The minimum absolute atomic E-state index is 1.11. The van der Waals surface area contributed by atoms with Crippen molar-refractivity contribution >= 4 is 0 Å². The Balaban J connectivity index is 2.12. The van der Waals surface area contributed by atoms with E-state index in [2.05, 4.69) is 42.3 Å². The SMILES string of the molecule is CCCCCCCCCCCCCc1n(CC)cc[n+]1CCCCCCCCC. The topological polar surface area (TPSA) is 8.81 Å². The summed E-state index contributed by atoms with van der Waals surface area (Å²) < 4.78 is 5.02. The monoisotopic (exact) mass is 405 g/mol. The number of nitrogens with zero attached hydrogens (tertiary/aromatic N) is 2. The van der Waals surface area contributed by atoms with Crippen molar-refractivity contribution in [2.75, 3.05) is 0 Å². The van der Waals surface area contributed by atoms with Crippen LogP contribution in [0.25, 0.3) is 0 Å². The molecule has 1 heterocycles. The van der Waals surface area contributed by atoms with E-state index < -0.39 is 0 Å². The predicted octanol–water partition coefficient (Wildman–Crippen LogP) is 8.40. The van der Waals surface area contributed by atoms with Gasteiger partial charge < -0.3 is 0 Å². The number of unbranched alkanes of at least 4 members (excludes halogenated alkanes) is 16. The molecule has 0 saturated carbocycles. The van der Waals surface area contributed by atoms with Crippen LogP contribution in [0.5, 0.6) is 0 Å². The minimum Gasteiger partial charge on any atom is -0.235 e. The van der Waals surface area contributed by atoms with Crippen molar-refractivity contribution in [2.45, 2.75) is 156 Å². The molecule has 170 valence electrons. The summed E-state index contributed by atoms with van der Waals surface area (Å²) in [4.78, 5) is 0. The summed E-state index contributed by atoms with van der Waals surface area (Å²) in [5, 5.41) is 0.